The van der Waals surface area contributed by atoms with Crippen LogP contribution in [0.1, 0.15) is 6.92 Å². The Labute approximate surface area is 123 Å². The van der Waals surface area contributed by atoms with Gasteiger partial charge in [0.1, 0.15) is 10.7 Å². The number of benzene rings is 2. The van der Waals surface area contributed by atoms with Crippen LogP contribution in [0.2, 0.25) is 0 Å². The molecule has 0 saturated heterocycles. The highest BCUT2D eigenvalue weighted by Gasteiger charge is 2.15. The van der Waals surface area contributed by atoms with Crippen molar-refractivity contribution < 1.29 is 12.8 Å². The van der Waals surface area contributed by atoms with Crippen LogP contribution >= 0.6 is 0 Å². The van der Waals surface area contributed by atoms with Crippen LogP contribution in [-0.4, -0.2) is 15.0 Å². The number of nitrogens with two attached hydrogens (primary N) is 2. The fraction of sp³-hybridized carbons (Fsp3) is 0.143. The summed E-state index contributed by atoms with van der Waals surface area (Å²) in [5.74, 6) is -0.320. The molecule has 21 heavy (non-hydrogen) atoms. The van der Waals surface area contributed by atoms with Crippen LogP contribution in [-0.2, 0) is 10.0 Å². The van der Waals surface area contributed by atoms with Crippen LogP contribution in [0.4, 0.5) is 21.5 Å². The van der Waals surface area contributed by atoms with Crippen molar-refractivity contribution in [2.24, 2.45) is 5.14 Å². The zero-order valence-electron chi connectivity index (χ0n) is 11.5. The lowest BCUT2D eigenvalue weighted by Gasteiger charge is -2.24. The summed E-state index contributed by atoms with van der Waals surface area (Å²) in [7, 11) is -3.85. The molecule has 5 nitrogen and oxygen atoms in total. The third-order valence-corrected chi connectivity index (χ3v) is 4.05. The topological polar surface area (TPSA) is 89.4 Å². The zero-order valence-corrected chi connectivity index (χ0v) is 12.3. The minimum atomic E-state index is -3.85. The number of primary sulfonamides is 1. The summed E-state index contributed by atoms with van der Waals surface area (Å²) in [4.78, 5) is 1.77. The molecule has 0 saturated carbocycles. The molecule has 0 bridgehead atoms. The van der Waals surface area contributed by atoms with Gasteiger partial charge in [-0.3, -0.25) is 0 Å². The molecule has 0 aliphatic carbocycles. The Morgan fingerprint density at radius 1 is 1.10 bits per heavy atom. The lowest BCUT2D eigenvalue weighted by molar-refractivity contribution is 0.598. The highest BCUT2D eigenvalue weighted by atomic mass is 32.2. The number of hydrogen-bond acceptors (Lipinski definition) is 4. The Balaban J connectivity index is 2.44. The van der Waals surface area contributed by atoms with Crippen LogP contribution in [0.5, 0.6) is 0 Å². The van der Waals surface area contributed by atoms with Crippen molar-refractivity contribution in [3.8, 4) is 0 Å². The van der Waals surface area contributed by atoms with E-state index in [1.807, 2.05) is 11.8 Å². The fourth-order valence-electron chi connectivity index (χ4n) is 2.10. The van der Waals surface area contributed by atoms with Gasteiger partial charge >= 0.3 is 0 Å². The van der Waals surface area contributed by atoms with Crippen LogP contribution < -0.4 is 15.8 Å². The molecule has 4 N–H and O–H groups in total. The van der Waals surface area contributed by atoms with Crippen molar-refractivity contribution >= 4 is 27.1 Å². The lowest BCUT2D eigenvalue weighted by Crippen LogP contribution is -2.18. The van der Waals surface area contributed by atoms with Gasteiger partial charge in [-0.1, -0.05) is 0 Å². The van der Waals surface area contributed by atoms with Gasteiger partial charge in [0.25, 0.3) is 0 Å². The molecular weight excluding hydrogens is 293 g/mol. The molecule has 0 aliphatic rings. The molecule has 0 heterocycles. The van der Waals surface area contributed by atoms with Crippen molar-refractivity contribution in [1.82, 2.24) is 0 Å². The molecule has 0 fully saturated rings. The Morgan fingerprint density at radius 3 is 2.14 bits per heavy atom. The highest BCUT2D eigenvalue weighted by molar-refractivity contribution is 7.89. The maximum absolute atomic E-state index is 13.0. The van der Waals surface area contributed by atoms with Gasteiger partial charge in [0.05, 0.1) is 5.69 Å². The third kappa shape index (κ3) is 3.32. The number of rotatable bonds is 4. The smallest absolute Gasteiger partial charge is 0.240 e. The molecule has 112 valence electrons. The maximum Gasteiger partial charge on any atom is 0.240 e. The lowest BCUT2D eigenvalue weighted by atomic mass is 10.2. The largest absolute Gasteiger partial charge is 0.398 e. The van der Waals surface area contributed by atoms with Crippen molar-refractivity contribution in [3.63, 3.8) is 0 Å². The Hall–Kier alpha value is -2.12. The predicted molar refractivity (Wildman–Crippen MR) is 81.3 cm³/mol. The maximum atomic E-state index is 13.0. The quantitative estimate of drug-likeness (QED) is 0.847. The van der Waals surface area contributed by atoms with E-state index < -0.39 is 10.0 Å². The highest BCUT2D eigenvalue weighted by Crippen LogP contribution is 2.29. The van der Waals surface area contributed by atoms with E-state index in [1.165, 1.54) is 24.3 Å². The van der Waals surface area contributed by atoms with Crippen LogP contribution in [0, 0.1) is 5.82 Å². The summed E-state index contributed by atoms with van der Waals surface area (Å²) in [6.45, 7) is 2.53. The second-order valence-corrected chi connectivity index (χ2v) is 6.02. The molecule has 2 rings (SSSR count). The first kappa shape index (κ1) is 15.3. The van der Waals surface area contributed by atoms with E-state index in [9.17, 15) is 12.8 Å². The number of nitrogen functional groups attached to an aromatic ring is 1. The van der Waals surface area contributed by atoms with E-state index in [2.05, 4.69) is 0 Å². The molecule has 0 unspecified atom stereocenters. The van der Waals surface area contributed by atoms with Gasteiger partial charge in [0, 0.05) is 17.9 Å². The van der Waals surface area contributed by atoms with Crippen molar-refractivity contribution in [3.05, 3.63) is 48.3 Å². The number of sulfonamides is 1. The number of hydrogen-bond donors (Lipinski definition) is 2. The van der Waals surface area contributed by atoms with E-state index in [0.717, 1.165) is 5.69 Å². The molecule has 2 aromatic carbocycles. The summed E-state index contributed by atoms with van der Waals surface area (Å²) < 4.78 is 35.7. The first-order valence-corrected chi connectivity index (χ1v) is 7.83. The first-order chi connectivity index (χ1) is 9.82. The second-order valence-electron chi connectivity index (χ2n) is 4.49. The number of halogens is 1. The molecule has 0 aromatic heterocycles. The molecule has 2 aromatic rings. The van der Waals surface area contributed by atoms with E-state index in [-0.39, 0.29) is 16.4 Å². The Bertz CT molecular complexity index is 745. The fourth-order valence-corrected chi connectivity index (χ4v) is 2.74. The standard InChI is InChI=1S/C14H16FN3O2S/c1-2-18(11-5-3-10(15)4-6-11)12-7-8-14(13(16)9-12)21(17,19)20/h3-9H,2,16H2,1H3,(H2,17,19,20). The van der Waals surface area contributed by atoms with Crippen molar-refractivity contribution in [1.29, 1.82) is 0 Å². The normalized spacial score (nSPS) is 11.4. The average Bonchev–Trinajstić information content (AvgIpc) is 2.40. The summed E-state index contributed by atoms with van der Waals surface area (Å²) >= 11 is 0. The van der Waals surface area contributed by atoms with E-state index in [4.69, 9.17) is 10.9 Å². The van der Waals surface area contributed by atoms with Gasteiger partial charge in [0.15, 0.2) is 0 Å². The molecular formula is C14H16FN3O2S. The van der Waals surface area contributed by atoms with Crippen LogP contribution in [0.15, 0.2) is 47.4 Å². The third-order valence-electron chi connectivity index (χ3n) is 3.07. The van der Waals surface area contributed by atoms with Crippen LogP contribution in [0.3, 0.4) is 0 Å². The molecule has 0 atom stereocenters. The van der Waals surface area contributed by atoms with Crippen molar-refractivity contribution in [2.75, 3.05) is 17.2 Å². The van der Waals surface area contributed by atoms with Crippen LogP contribution in [0.25, 0.3) is 0 Å². The molecule has 0 amide bonds. The monoisotopic (exact) mass is 309 g/mol. The second kappa shape index (κ2) is 5.71. The van der Waals surface area contributed by atoms with Gasteiger partial charge in [-0.2, -0.15) is 0 Å². The van der Waals surface area contributed by atoms with Gasteiger partial charge in [0.2, 0.25) is 10.0 Å². The average molecular weight is 309 g/mol. The number of nitrogens with zero attached hydrogens (tertiary/aromatic N) is 1. The molecule has 7 heteroatoms. The zero-order chi connectivity index (χ0) is 15.6. The molecule has 0 spiro atoms. The Morgan fingerprint density at radius 2 is 1.67 bits per heavy atom. The first-order valence-electron chi connectivity index (χ1n) is 6.28. The minimum Gasteiger partial charge on any atom is -0.398 e. The number of anilines is 3. The Kier molecular flexibility index (Phi) is 4.15. The van der Waals surface area contributed by atoms with E-state index in [0.29, 0.717) is 12.2 Å². The summed E-state index contributed by atoms with van der Waals surface area (Å²) in [5, 5.41) is 5.08. The summed E-state index contributed by atoms with van der Waals surface area (Å²) in [6, 6.07) is 10.5. The van der Waals surface area contributed by atoms with Gasteiger partial charge in [-0.05, 0) is 49.4 Å². The van der Waals surface area contributed by atoms with Gasteiger partial charge in [-0.25, -0.2) is 17.9 Å². The predicted octanol–water partition coefficient (Wildman–Crippen LogP) is 2.21. The van der Waals surface area contributed by atoms with Gasteiger partial charge < -0.3 is 10.6 Å². The molecule has 0 radical (unpaired) electrons. The van der Waals surface area contributed by atoms with Gasteiger partial charge in [-0.15, -0.1) is 0 Å². The molecule has 0 aliphatic heterocycles. The minimum absolute atomic E-state index is 0.0792. The SMILES string of the molecule is CCN(c1ccc(F)cc1)c1ccc(S(N)(=O)=O)c(N)c1. The van der Waals surface area contributed by atoms with Crippen molar-refractivity contribution in [2.45, 2.75) is 11.8 Å². The van der Waals surface area contributed by atoms with E-state index >= 15 is 0 Å². The summed E-state index contributed by atoms with van der Waals surface area (Å²) in [5.41, 5.74) is 7.32. The summed E-state index contributed by atoms with van der Waals surface area (Å²) in [6.07, 6.45) is 0. The van der Waals surface area contributed by atoms with E-state index in [1.54, 1.807) is 18.2 Å².